The van der Waals surface area contributed by atoms with E-state index in [1.54, 1.807) is 32.9 Å². The molecule has 0 atom stereocenters. The third-order valence-corrected chi connectivity index (χ3v) is 3.96. The maximum Gasteiger partial charge on any atom is 0.413 e. The average molecular weight is 412 g/mol. The second-order valence-corrected chi connectivity index (χ2v) is 7.34. The molecule has 0 aliphatic rings. The van der Waals surface area contributed by atoms with Gasteiger partial charge in [-0.1, -0.05) is 28.1 Å². The van der Waals surface area contributed by atoms with E-state index in [9.17, 15) is 9.59 Å². The molecule has 0 aliphatic heterocycles. The highest BCUT2D eigenvalue weighted by Gasteiger charge is 2.17. The monoisotopic (exact) mass is 411 g/mol. The van der Waals surface area contributed by atoms with Crippen LogP contribution in [0.4, 0.5) is 15.6 Å². The van der Waals surface area contributed by atoms with Gasteiger partial charge in [0.25, 0.3) is 0 Å². The van der Waals surface area contributed by atoms with Gasteiger partial charge in [-0.3, -0.25) is 10.1 Å². The second-order valence-electron chi connectivity index (χ2n) is 5.92. The van der Waals surface area contributed by atoms with Crippen molar-refractivity contribution in [2.24, 2.45) is 0 Å². The molecular weight excluding hydrogens is 394 g/mol. The third kappa shape index (κ3) is 5.61. The molecule has 1 aromatic heterocycles. The summed E-state index contributed by atoms with van der Waals surface area (Å²) in [6.45, 7) is 5.40. The van der Waals surface area contributed by atoms with Crippen LogP contribution in [0.25, 0.3) is 11.3 Å². The minimum atomic E-state index is -0.556. The van der Waals surface area contributed by atoms with Crippen molar-refractivity contribution in [1.29, 1.82) is 0 Å². The van der Waals surface area contributed by atoms with Gasteiger partial charge < -0.3 is 10.1 Å². The summed E-state index contributed by atoms with van der Waals surface area (Å²) in [5, 5.41) is 7.93. The quantitative estimate of drug-likeness (QED) is 0.726. The van der Waals surface area contributed by atoms with E-state index in [1.807, 2.05) is 17.5 Å². The first-order valence-electron chi connectivity index (χ1n) is 7.18. The first-order valence-corrected chi connectivity index (χ1v) is 9.19. The van der Waals surface area contributed by atoms with Crippen molar-refractivity contribution in [2.45, 2.75) is 26.4 Å². The van der Waals surface area contributed by atoms with Gasteiger partial charge in [0.15, 0.2) is 5.13 Å². The smallest absolute Gasteiger partial charge is 0.413 e. The molecule has 0 saturated heterocycles. The number of hydrogen-bond acceptors (Lipinski definition) is 5. The highest BCUT2D eigenvalue weighted by Crippen LogP contribution is 2.26. The van der Waals surface area contributed by atoms with Crippen LogP contribution in [0.3, 0.4) is 0 Å². The minimum Gasteiger partial charge on any atom is -0.444 e. The lowest BCUT2D eigenvalue weighted by atomic mass is 10.1. The number of rotatable bonds is 4. The number of nitrogens with zero attached hydrogens (tertiary/aromatic N) is 1. The lowest BCUT2D eigenvalue weighted by Crippen LogP contribution is -2.27. The largest absolute Gasteiger partial charge is 0.444 e. The van der Waals surface area contributed by atoms with Crippen molar-refractivity contribution in [3.05, 3.63) is 29.6 Å². The number of anilines is 2. The summed E-state index contributed by atoms with van der Waals surface area (Å²) < 4.78 is 5.19. The van der Waals surface area contributed by atoms with E-state index in [1.165, 1.54) is 11.3 Å². The Labute approximate surface area is 152 Å². The van der Waals surface area contributed by atoms with Gasteiger partial charge in [-0.05, 0) is 32.9 Å². The summed E-state index contributed by atoms with van der Waals surface area (Å²) in [5.41, 5.74) is 1.79. The Balaban J connectivity index is 2.02. The number of thiazole rings is 1. The maximum atomic E-state index is 11.7. The van der Waals surface area contributed by atoms with Crippen LogP contribution in [-0.4, -0.2) is 27.9 Å². The molecule has 2 amide bonds. The minimum absolute atomic E-state index is 0.111. The van der Waals surface area contributed by atoms with E-state index in [2.05, 4.69) is 31.5 Å². The summed E-state index contributed by atoms with van der Waals surface area (Å²) in [6, 6.07) is 7.32. The van der Waals surface area contributed by atoms with Crippen LogP contribution in [0.15, 0.2) is 29.6 Å². The van der Waals surface area contributed by atoms with Gasteiger partial charge in [-0.15, -0.1) is 11.3 Å². The fraction of sp³-hybridized carbons (Fsp3) is 0.312. The zero-order chi connectivity index (χ0) is 17.7. The molecule has 2 aromatic rings. The molecule has 128 valence electrons. The summed E-state index contributed by atoms with van der Waals surface area (Å²) in [4.78, 5) is 27.4. The van der Waals surface area contributed by atoms with E-state index in [4.69, 9.17) is 4.74 Å². The van der Waals surface area contributed by atoms with Crippen LogP contribution in [-0.2, 0) is 9.53 Å². The van der Waals surface area contributed by atoms with Crippen LogP contribution >= 0.6 is 27.3 Å². The van der Waals surface area contributed by atoms with Crippen LogP contribution < -0.4 is 10.6 Å². The van der Waals surface area contributed by atoms with Crippen molar-refractivity contribution >= 4 is 50.1 Å². The Bertz CT molecular complexity index is 723. The summed E-state index contributed by atoms with van der Waals surface area (Å²) in [7, 11) is 0. The molecule has 1 heterocycles. The summed E-state index contributed by atoms with van der Waals surface area (Å²) >= 11 is 4.42. The Morgan fingerprint density at radius 1 is 1.21 bits per heavy atom. The molecule has 6 nitrogen and oxygen atoms in total. The average Bonchev–Trinajstić information content (AvgIpc) is 2.94. The van der Waals surface area contributed by atoms with Crippen LogP contribution in [0, 0.1) is 0 Å². The zero-order valence-electron chi connectivity index (χ0n) is 13.6. The first kappa shape index (κ1) is 18.4. The van der Waals surface area contributed by atoms with Crippen LogP contribution in [0.5, 0.6) is 0 Å². The number of halogens is 1. The van der Waals surface area contributed by atoms with Crippen molar-refractivity contribution in [1.82, 2.24) is 4.98 Å². The first-order chi connectivity index (χ1) is 11.3. The highest BCUT2D eigenvalue weighted by atomic mass is 79.9. The van der Waals surface area contributed by atoms with E-state index in [-0.39, 0.29) is 11.2 Å². The molecule has 2 N–H and O–H groups in total. The molecule has 1 aromatic carbocycles. The fourth-order valence-electron chi connectivity index (χ4n) is 1.77. The molecule has 0 fully saturated rings. The summed E-state index contributed by atoms with van der Waals surface area (Å²) in [6.07, 6.45) is -0.531. The van der Waals surface area contributed by atoms with Gasteiger partial charge in [0.05, 0.1) is 11.0 Å². The van der Waals surface area contributed by atoms with Gasteiger partial charge in [0.1, 0.15) is 5.60 Å². The second kappa shape index (κ2) is 7.76. The Hall–Kier alpha value is -1.93. The Morgan fingerprint density at radius 3 is 2.46 bits per heavy atom. The predicted molar refractivity (Wildman–Crippen MR) is 99.8 cm³/mol. The molecular formula is C16H18BrN3O3S. The predicted octanol–water partition coefficient (Wildman–Crippen LogP) is 4.49. The third-order valence-electron chi connectivity index (χ3n) is 2.70. The SMILES string of the molecule is CC(C)(C)OC(=O)Nc1nc(-c2ccc(NC(=O)CBr)cc2)cs1. The number of aromatic nitrogens is 1. The molecule has 0 radical (unpaired) electrons. The Morgan fingerprint density at radius 2 is 1.88 bits per heavy atom. The number of amides is 2. The number of benzene rings is 1. The van der Waals surface area contributed by atoms with E-state index in [0.29, 0.717) is 10.8 Å². The van der Waals surface area contributed by atoms with Gasteiger partial charge >= 0.3 is 6.09 Å². The normalized spacial score (nSPS) is 11.0. The number of carbonyl (C=O) groups is 2. The van der Waals surface area contributed by atoms with Crippen molar-refractivity contribution in [3.8, 4) is 11.3 Å². The molecule has 0 unspecified atom stereocenters. The number of alkyl halides is 1. The number of hydrogen-bond donors (Lipinski definition) is 2. The summed E-state index contributed by atoms with van der Waals surface area (Å²) in [5.74, 6) is -0.111. The maximum absolute atomic E-state index is 11.7. The number of carbonyl (C=O) groups excluding carboxylic acids is 2. The van der Waals surface area contributed by atoms with E-state index < -0.39 is 11.7 Å². The highest BCUT2D eigenvalue weighted by molar-refractivity contribution is 9.09. The molecule has 24 heavy (non-hydrogen) atoms. The number of ether oxygens (including phenoxy) is 1. The molecule has 0 bridgehead atoms. The molecule has 8 heteroatoms. The molecule has 0 aliphatic carbocycles. The van der Waals surface area contributed by atoms with Crippen molar-refractivity contribution < 1.29 is 14.3 Å². The van der Waals surface area contributed by atoms with E-state index in [0.717, 1.165) is 11.3 Å². The van der Waals surface area contributed by atoms with Gasteiger partial charge in [0, 0.05) is 16.6 Å². The standard InChI is InChI=1S/C16H18BrN3O3S/c1-16(2,3)23-15(22)20-14-19-12(9-24-14)10-4-6-11(7-5-10)18-13(21)8-17/h4-7,9H,8H2,1-3H3,(H,18,21)(H,19,20,22). The Kier molecular flexibility index (Phi) is 5.95. The molecule has 0 saturated carbocycles. The topological polar surface area (TPSA) is 80.3 Å². The van der Waals surface area contributed by atoms with Gasteiger partial charge in [-0.25, -0.2) is 9.78 Å². The van der Waals surface area contributed by atoms with E-state index >= 15 is 0 Å². The lowest BCUT2D eigenvalue weighted by molar-refractivity contribution is -0.113. The molecule has 0 spiro atoms. The van der Waals surface area contributed by atoms with Crippen LogP contribution in [0.1, 0.15) is 20.8 Å². The van der Waals surface area contributed by atoms with Gasteiger partial charge in [-0.2, -0.15) is 0 Å². The fourth-order valence-corrected chi connectivity index (χ4v) is 2.62. The van der Waals surface area contributed by atoms with Crippen molar-refractivity contribution in [2.75, 3.05) is 16.0 Å². The van der Waals surface area contributed by atoms with Crippen molar-refractivity contribution in [3.63, 3.8) is 0 Å². The zero-order valence-corrected chi connectivity index (χ0v) is 16.0. The number of nitrogens with one attached hydrogen (secondary N) is 2. The van der Waals surface area contributed by atoms with Gasteiger partial charge in [0.2, 0.25) is 5.91 Å². The van der Waals surface area contributed by atoms with Crippen LogP contribution in [0.2, 0.25) is 0 Å². The lowest BCUT2D eigenvalue weighted by Gasteiger charge is -2.18. The molecule has 2 rings (SSSR count).